The van der Waals surface area contributed by atoms with Gasteiger partial charge in [-0.3, -0.25) is 0 Å². The molecule has 0 amide bonds. The van der Waals surface area contributed by atoms with E-state index in [9.17, 15) is 8.42 Å². The SMILES string of the molecule is Nc1ccc(S(=O)(=O)Oc2ccccc2)c(Cl)c1. The van der Waals surface area contributed by atoms with E-state index >= 15 is 0 Å². The number of halogens is 1. The molecule has 0 atom stereocenters. The van der Waals surface area contributed by atoms with Crippen LogP contribution in [0.2, 0.25) is 5.02 Å². The Hall–Kier alpha value is -1.72. The van der Waals surface area contributed by atoms with E-state index in [0.29, 0.717) is 5.69 Å². The van der Waals surface area contributed by atoms with Crippen molar-refractivity contribution in [2.75, 3.05) is 5.73 Å². The molecule has 0 aliphatic heterocycles. The van der Waals surface area contributed by atoms with Gasteiger partial charge in [0.2, 0.25) is 0 Å². The first kappa shape index (κ1) is 12.7. The number of rotatable bonds is 3. The van der Waals surface area contributed by atoms with Crippen molar-refractivity contribution in [2.45, 2.75) is 4.90 Å². The molecule has 0 saturated carbocycles. The zero-order valence-corrected chi connectivity index (χ0v) is 10.8. The van der Waals surface area contributed by atoms with Gasteiger partial charge in [-0.2, -0.15) is 8.42 Å². The second kappa shape index (κ2) is 4.88. The quantitative estimate of drug-likeness (QED) is 0.694. The number of anilines is 1. The molecule has 0 radical (unpaired) electrons. The molecule has 18 heavy (non-hydrogen) atoms. The Morgan fingerprint density at radius 2 is 1.72 bits per heavy atom. The fraction of sp³-hybridized carbons (Fsp3) is 0. The third-order valence-corrected chi connectivity index (χ3v) is 3.91. The molecule has 2 N–H and O–H groups in total. The lowest BCUT2D eigenvalue weighted by atomic mass is 10.3. The molecule has 0 fully saturated rings. The Kier molecular flexibility index (Phi) is 3.45. The minimum absolute atomic E-state index is 0.0333. The predicted molar refractivity (Wildman–Crippen MR) is 70.1 cm³/mol. The molecule has 0 heterocycles. The van der Waals surface area contributed by atoms with Gasteiger partial charge in [-0.15, -0.1) is 0 Å². The van der Waals surface area contributed by atoms with Crippen LogP contribution in [-0.4, -0.2) is 8.42 Å². The maximum absolute atomic E-state index is 12.0. The summed E-state index contributed by atoms with van der Waals surface area (Å²) in [5.41, 5.74) is 5.89. The average molecular weight is 284 g/mol. The Bertz CT molecular complexity index is 656. The highest BCUT2D eigenvalue weighted by Gasteiger charge is 2.20. The summed E-state index contributed by atoms with van der Waals surface area (Å²) in [5, 5.41) is 0.0333. The number of nitrogen functional groups attached to an aromatic ring is 1. The van der Waals surface area contributed by atoms with Crippen LogP contribution >= 0.6 is 11.6 Å². The first-order valence-corrected chi connectivity index (χ1v) is 6.82. The molecule has 2 rings (SSSR count). The van der Waals surface area contributed by atoms with E-state index in [2.05, 4.69) is 0 Å². The third-order valence-electron chi connectivity index (χ3n) is 2.17. The van der Waals surface area contributed by atoms with Gasteiger partial charge >= 0.3 is 10.1 Å². The number of hydrogen-bond acceptors (Lipinski definition) is 4. The zero-order chi connectivity index (χ0) is 13.2. The van der Waals surface area contributed by atoms with Crippen LogP contribution in [-0.2, 0) is 10.1 Å². The fourth-order valence-corrected chi connectivity index (χ4v) is 2.83. The lowest BCUT2D eigenvalue weighted by molar-refractivity contribution is 0.486. The smallest absolute Gasteiger partial charge is 0.340 e. The maximum atomic E-state index is 12.0. The van der Waals surface area contributed by atoms with Crippen molar-refractivity contribution < 1.29 is 12.6 Å². The maximum Gasteiger partial charge on any atom is 0.340 e. The van der Waals surface area contributed by atoms with E-state index < -0.39 is 10.1 Å². The van der Waals surface area contributed by atoms with Gasteiger partial charge in [0.1, 0.15) is 10.6 Å². The van der Waals surface area contributed by atoms with Crippen LogP contribution in [0, 0.1) is 0 Å². The van der Waals surface area contributed by atoms with Gasteiger partial charge in [0.15, 0.2) is 0 Å². The van der Waals surface area contributed by atoms with Gasteiger partial charge in [-0.25, -0.2) is 0 Å². The van der Waals surface area contributed by atoms with Crippen LogP contribution < -0.4 is 9.92 Å². The molecular weight excluding hydrogens is 274 g/mol. The van der Waals surface area contributed by atoms with Crippen molar-refractivity contribution in [3.63, 3.8) is 0 Å². The summed E-state index contributed by atoms with van der Waals surface area (Å²) in [6.07, 6.45) is 0. The zero-order valence-electron chi connectivity index (χ0n) is 9.21. The lowest BCUT2D eigenvalue weighted by Gasteiger charge is -2.08. The third kappa shape index (κ3) is 2.75. The van der Waals surface area contributed by atoms with Crippen molar-refractivity contribution in [1.29, 1.82) is 0 Å². The number of benzene rings is 2. The second-order valence-corrected chi connectivity index (χ2v) is 5.46. The van der Waals surface area contributed by atoms with Gasteiger partial charge in [-0.05, 0) is 30.3 Å². The molecule has 0 saturated heterocycles. The van der Waals surface area contributed by atoms with E-state index in [0.717, 1.165) is 0 Å². The predicted octanol–water partition coefficient (Wildman–Crippen LogP) is 2.69. The minimum atomic E-state index is -3.95. The minimum Gasteiger partial charge on any atom is -0.399 e. The van der Waals surface area contributed by atoms with Crippen LogP contribution in [0.1, 0.15) is 0 Å². The topological polar surface area (TPSA) is 69.4 Å². The van der Waals surface area contributed by atoms with Crippen LogP contribution in [0.3, 0.4) is 0 Å². The highest BCUT2D eigenvalue weighted by atomic mass is 35.5. The Morgan fingerprint density at radius 3 is 2.33 bits per heavy atom. The summed E-state index contributed by atoms with van der Waals surface area (Å²) >= 11 is 5.84. The van der Waals surface area contributed by atoms with Crippen LogP contribution in [0.25, 0.3) is 0 Å². The highest BCUT2D eigenvalue weighted by Crippen LogP contribution is 2.26. The van der Waals surface area contributed by atoms with Gasteiger partial charge in [0, 0.05) is 5.69 Å². The molecule has 0 aliphatic rings. The summed E-state index contributed by atoms with van der Waals surface area (Å²) in [6, 6.07) is 12.3. The first-order valence-electron chi connectivity index (χ1n) is 5.03. The van der Waals surface area contributed by atoms with Crippen LogP contribution in [0.5, 0.6) is 5.75 Å². The van der Waals surface area contributed by atoms with E-state index in [4.69, 9.17) is 21.5 Å². The highest BCUT2D eigenvalue weighted by molar-refractivity contribution is 7.87. The number of hydrogen-bond donors (Lipinski definition) is 1. The summed E-state index contributed by atoms with van der Waals surface area (Å²) in [4.78, 5) is -0.109. The van der Waals surface area contributed by atoms with Crippen molar-refractivity contribution in [3.05, 3.63) is 53.6 Å². The molecule has 0 unspecified atom stereocenters. The van der Waals surface area contributed by atoms with Crippen LogP contribution in [0.15, 0.2) is 53.4 Å². The molecule has 0 bridgehead atoms. The molecule has 0 spiro atoms. The van der Waals surface area contributed by atoms with Crippen molar-refractivity contribution >= 4 is 27.4 Å². The number of para-hydroxylation sites is 1. The Balaban J connectivity index is 2.37. The van der Waals surface area contributed by atoms with Gasteiger partial charge in [0.25, 0.3) is 0 Å². The van der Waals surface area contributed by atoms with Gasteiger partial charge in [-0.1, -0.05) is 29.8 Å². The normalized spacial score (nSPS) is 11.2. The van der Waals surface area contributed by atoms with E-state index in [1.54, 1.807) is 30.3 Å². The summed E-state index contributed by atoms with van der Waals surface area (Å²) < 4.78 is 28.9. The molecule has 94 valence electrons. The van der Waals surface area contributed by atoms with Crippen molar-refractivity contribution in [3.8, 4) is 5.75 Å². The molecule has 6 heteroatoms. The fourth-order valence-electron chi connectivity index (χ4n) is 1.37. The van der Waals surface area contributed by atoms with E-state index in [1.165, 1.54) is 18.2 Å². The lowest BCUT2D eigenvalue weighted by Crippen LogP contribution is -2.10. The Labute approximate surface area is 110 Å². The van der Waals surface area contributed by atoms with E-state index in [-0.39, 0.29) is 15.7 Å². The number of nitrogens with two attached hydrogens (primary N) is 1. The molecule has 0 aliphatic carbocycles. The standard InChI is InChI=1S/C12H10ClNO3S/c13-11-8-9(14)6-7-12(11)18(15,16)17-10-4-2-1-3-5-10/h1-8H,14H2. The molecule has 4 nitrogen and oxygen atoms in total. The molecular formula is C12H10ClNO3S. The van der Waals surface area contributed by atoms with Crippen molar-refractivity contribution in [1.82, 2.24) is 0 Å². The van der Waals surface area contributed by atoms with Gasteiger partial charge < -0.3 is 9.92 Å². The first-order chi connectivity index (χ1) is 8.49. The largest absolute Gasteiger partial charge is 0.399 e. The Morgan fingerprint density at radius 1 is 1.06 bits per heavy atom. The van der Waals surface area contributed by atoms with E-state index in [1.807, 2.05) is 0 Å². The van der Waals surface area contributed by atoms with Crippen LogP contribution in [0.4, 0.5) is 5.69 Å². The second-order valence-electron chi connectivity index (χ2n) is 3.54. The monoisotopic (exact) mass is 283 g/mol. The molecule has 0 aromatic heterocycles. The molecule has 2 aromatic rings. The summed E-state index contributed by atoms with van der Waals surface area (Å²) in [6.45, 7) is 0. The summed E-state index contributed by atoms with van der Waals surface area (Å²) in [5.74, 6) is 0.227. The van der Waals surface area contributed by atoms with Gasteiger partial charge in [0.05, 0.1) is 5.02 Å². The van der Waals surface area contributed by atoms with Crippen molar-refractivity contribution in [2.24, 2.45) is 0 Å². The average Bonchev–Trinajstić information content (AvgIpc) is 2.29. The molecule has 2 aromatic carbocycles. The summed E-state index contributed by atoms with van der Waals surface area (Å²) in [7, 11) is -3.95.